The number of hydrogen-bond acceptors (Lipinski definition) is 7. The summed E-state index contributed by atoms with van der Waals surface area (Å²) in [5.74, 6) is -2.86. The summed E-state index contributed by atoms with van der Waals surface area (Å²) in [4.78, 5) is 59.9. The molecule has 0 saturated carbocycles. The van der Waals surface area contributed by atoms with Gasteiger partial charge in [-0.25, -0.2) is 0 Å². The van der Waals surface area contributed by atoms with Gasteiger partial charge in [0.25, 0.3) is 17.5 Å². The number of imide groups is 1. The summed E-state index contributed by atoms with van der Waals surface area (Å²) in [6, 6.07) is 8.47. The van der Waals surface area contributed by atoms with Crippen LogP contribution >= 0.6 is 15.9 Å². The fraction of sp³-hybridized carbons (Fsp3) is 0.158. The third-order valence-corrected chi connectivity index (χ3v) is 4.81. The lowest BCUT2D eigenvalue weighted by molar-refractivity contribution is -0.385. The van der Waals surface area contributed by atoms with Gasteiger partial charge in [-0.05, 0) is 25.1 Å². The van der Waals surface area contributed by atoms with Crippen molar-refractivity contribution in [2.24, 2.45) is 0 Å². The Hall–Kier alpha value is -3.40. The van der Waals surface area contributed by atoms with E-state index >= 15 is 0 Å². The number of nitro groups is 1. The monoisotopic (exact) mass is 460 g/mol. The van der Waals surface area contributed by atoms with Crippen LogP contribution in [0, 0.1) is 17.0 Å². The van der Waals surface area contributed by atoms with Crippen molar-refractivity contribution >= 4 is 45.2 Å². The molecule has 0 atom stereocenters. The van der Waals surface area contributed by atoms with Crippen LogP contribution in [-0.4, -0.2) is 46.5 Å². The molecule has 0 aromatic heterocycles. The Balaban J connectivity index is 1.63. The first-order valence-electron chi connectivity index (χ1n) is 8.28. The number of ether oxygens (including phenoxy) is 1. The summed E-state index contributed by atoms with van der Waals surface area (Å²) in [7, 11) is 0. The third-order valence-electron chi connectivity index (χ3n) is 4.31. The van der Waals surface area contributed by atoms with Crippen LogP contribution in [0.15, 0.2) is 40.9 Å². The fourth-order valence-electron chi connectivity index (χ4n) is 2.79. The number of nitro benzene ring substituents is 1. The van der Waals surface area contributed by atoms with Gasteiger partial charge >= 0.3 is 5.97 Å². The Morgan fingerprint density at radius 2 is 1.79 bits per heavy atom. The third kappa shape index (κ3) is 4.06. The maximum absolute atomic E-state index is 12.3. The topological polar surface area (TPSA) is 124 Å². The molecule has 1 aliphatic rings. The highest BCUT2D eigenvalue weighted by Crippen LogP contribution is 2.26. The molecule has 2 aromatic carbocycles. The van der Waals surface area contributed by atoms with Gasteiger partial charge in [0.2, 0.25) is 5.78 Å². The smallest absolute Gasteiger partial charge is 0.326 e. The van der Waals surface area contributed by atoms with Crippen molar-refractivity contribution in [2.75, 3.05) is 13.2 Å². The van der Waals surface area contributed by atoms with Gasteiger partial charge in [0.05, 0.1) is 16.1 Å². The molecule has 0 radical (unpaired) electrons. The lowest BCUT2D eigenvalue weighted by atomic mass is 10.1. The van der Waals surface area contributed by atoms with Gasteiger partial charge in [-0.2, -0.15) is 0 Å². The van der Waals surface area contributed by atoms with Crippen LogP contribution in [0.5, 0.6) is 0 Å². The molecule has 0 spiro atoms. The molecule has 9 nitrogen and oxygen atoms in total. The van der Waals surface area contributed by atoms with E-state index in [0.29, 0.717) is 10.0 Å². The number of hydrogen-bond donors (Lipinski definition) is 0. The van der Waals surface area contributed by atoms with E-state index < -0.39 is 41.6 Å². The molecule has 29 heavy (non-hydrogen) atoms. The minimum Gasteiger partial charge on any atom is -0.456 e. The van der Waals surface area contributed by atoms with Crippen molar-refractivity contribution in [3.63, 3.8) is 0 Å². The van der Waals surface area contributed by atoms with Gasteiger partial charge in [-0.15, -0.1) is 0 Å². The summed E-state index contributed by atoms with van der Waals surface area (Å²) in [5, 5.41) is 11.0. The molecule has 0 unspecified atom stereocenters. The van der Waals surface area contributed by atoms with Gasteiger partial charge < -0.3 is 4.74 Å². The summed E-state index contributed by atoms with van der Waals surface area (Å²) in [6.45, 7) is 0.214. The number of aryl methyl sites for hydroxylation is 1. The predicted molar refractivity (Wildman–Crippen MR) is 103 cm³/mol. The number of fused-ring (bicyclic) bond motifs is 1. The number of esters is 1. The molecule has 0 N–H and O–H groups in total. The van der Waals surface area contributed by atoms with Crippen molar-refractivity contribution in [1.82, 2.24) is 4.90 Å². The zero-order chi connectivity index (χ0) is 21.3. The Morgan fingerprint density at radius 1 is 1.10 bits per heavy atom. The van der Waals surface area contributed by atoms with E-state index in [1.807, 2.05) is 0 Å². The molecule has 148 valence electrons. The Labute approximate surface area is 172 Å². The van der Waals surface area contributed by atoms with E-state index in [0.717, 1.165) is 11.0 Å². The van der Waals surface area contributed by atoms with E-state index in [1.165, 1.54) is 31.2 Å². The van der Waals surface area contributed by atoms with Crippen LogP contribution in [0.3, 0.4) is 0 Å². The second-order valence-corrected chi connectivity index (χ2v) is 7.14. The summed E-state index contributed by atoms with van der Waals surface area (Å²) >= 11 is 3.21. The lowest BCUT2D eigenvalue weighted by Gasteiger charge is -2.12. The van der Waals surface area contributed by atoms with Gasteiger partial charge in [-0.3, -0.25) is 34.2 Å². The molecule has 0 aliphatic carbocycles. The van der Waals surface area contributed by atoms with Crippen LogP contribution in [0.1, 0.15) is 36.6 Å². The van der Waals surface area contributed by atoms with Crippen molar-refractivity contribution in [3.8, 4) is 0 Å². The number of carbonyl (C=O) groups is 4. The van der Waals surface area contributed by atoms with E-state index in [9.17, 15) is 29.3 Å². The summed E-state index contributed by atoms with van der Waals surface area (Å²) < 4.78 is 5.47. The molecule has 0 saturated heterocycles. The first kappa shape index (κ1) is 20.3. The minimum atomic E-state index is -0.950. The van der Waals surface area contributed by atoms with E-state index in [1.54, 1.807) is 6.07 Å². The number of halogens is 1. The zero-order valence-corrected chi connectivity index (χ0v) is 16.6. The standard InChI is InChI=1S/C19H13BrN2O7/c1-10-2-3-11(6-15(10)22(27)28)16(23)9-29-17(24)8-21-18(25)13-5-4-12(20)7-14(13)19(21)26/h2-7H,8-9H2,1H3. The maximum atomic E-state index is 12.3. The van der Waals surface area contributed by atoms with Gasteiger partial charge in [0.1, 0.15) is 6.54 Å². The Bertz CT molecular complexity index is 1080. The normalized spacial score (nSPS) is 12.7. The lowest BCUT2D eigenvalue weighted by Crippen LogP contribution is -2.36. The van der Waals surface area contributed by atoms with Crippen molar-refractivity contribution in [2.45, 2.75) is 6.92 Å². The largest absolute Gasteiger partial charge is 0.456 e. The number of ketones is 1. The molecule has 2 amide bonds. The summed E-state index contributed by atoms with van der Waals surface area (Å²) in [5.41, 5.74) is 0.523. The molecular formula is C19H13BrN2O7. The first-order valence-corrected chi connectivity index (χ1v) is 9.08. The van der Waals surface area contributed by atoms with Crippen molar-refractivity contribution in [1.29, 1.82) is 0 Å². The number of Topliss-reactive ketones (excluding diaryl/α,β-unsaturated/α-hetero) is 1. The first-order chi connectivity index (χ1) is 13.7. The average molecular weight is 461 g/mol. The minimum absolute atomic E-state index is 0.0145. The average Bonchev–Trinajstić information content (AvgIpc) is 2.90. The van der Waals surface area contributed by atoms with Crippen LogP contribution in [0.2, 0.25) is 0 Å². The van der Waals surface area contributed by atoms with Gasteiger partial charge in [-0.1, -0.05) is 28.1 Å². The molecule has 0 bridgehead atoms. The highest BCUT2D eigenvalue weighted by molar-refractivity contribution is 9.10. The molecule has 1 aliphatic heterocycles. The molecular weight excluding hydrogens is 448 g/mol. The van der Waals surface area contributed by atoms with E-state index in [-0.39, 0.29) is 22.4 Å². The second-order valence-electron chi connectivity index (χ2n) is 6.23. The predicted octanol–water partition coefficient (Wildman–Crippen LogP) is 2.69. The van der Waals surface area contributed by atoms with Gasteiger partial charge in [0.15, 0.2) is 6.61 Å². The highest BCUT2D eigenvalue weighted by Gasteiger charge is 2.37. The van der Waals surface area contributed by atoms with E-state index in [4.69, 9.17) is 4.74 Å². The molecule has 1 heterocycles. The van der Waals surface area contributed by atoms with Crippen molar-refractivity contribution < 1.29 is 28.8 Å². The van der Waals surface area contributed by atoms with Crippen LogP contribution in [0.25, 0.3) is 0 Å². The van der Waals surface area contributed by atoms with Crippen LogP contribution in [-0.2, 0) is 9.53 Å². The highest BCUT2D eigenvalue weighted by atomic mass is 79.9. The number of rotatable bonds is 6. The molecule has 10 heteroatoms. The molecule has 0 fully saturated rings. The van der Waals surface area contributed by atoms with Crippen molar-refractivity contribution in [3.05, 3.63) is 73.2 Å². The quantitative estimate of drug-likeness (QED) is 0.213. The number of nitrogens with zero attached hydrogens (tertiary/aromatic N) is 2. The molecule has 3 rings (SSSR count). The number of benzene rings is 2. The Morgan fingerprint density at radius 3 is 2.48 bits per heavy atom. The zero-order valence-electron chi connectivity index (χ0n) is 15.0. The maximum Gasteiger partial charge on any atom is 0.326 e. The SMILES string of the molecule is Cc1ccc(C(=O)COC(=O)CN2C(=O)c3ccc(Br)cc3C2=O)cc1[N+](=O)[O-]. The second kappa shape index (κ2) is 7.92. The van der Waals surface area contributed by atoms with Crippen LogP contribution in [0.4, 0.5) is 5.69 Å². The van der Waals surface area contributed by atoms with E-state index in [2.05, 4.69) is 15.9 Å². The fourth-order valence-corrected chi connectivity index (χ4v) is 3.15. The number of carbonyl (C=O) groups excluding carboxylic acids is 4. The summed E-state index contributed by atoms with van der Waals surface area (Å²) in [6.07, 6.45) is 0. The van der Waals surface area contributed by atoms with Gasteiger partial charge in [0, 0.05) is 21.7 Å². The van der Waals surface area contributed by atoms with Crippen LogP contribution < -0.4 is 0 Å². The number of amides is 2. The Kier molecular flexibility index (Phi) is 5.55. The molecule has 2 aromatic rings.